The number of thiocyanates is 1. The molecular formula is C10H19N3S. The molecule has 3 nitrogen and oxygen atoms in total. The lowest BCUT2D eigenvalue weighted by Gasteiger charge is -2.21. The lowest BCUT2D eigenvalue weighted by atomic mass is 10.3. The van der Waals surface area contributed by atoms with Gasteiger partial charge in [-0.1, -0.05) is 18.7 Å². The smallest absolute Gasteiger partial charge is 0.164 e. The summed E-state index contributed by atoms with van der Waals surface area (Å²) in [4.78, 5) is 3.86. The van der Waals surface area contributed by atoms with Crippen molar-refractivity contribution in [2.75, 3.05) is 13.6 Å². The number of nitrogens with zero attached hydrogens (tertiary/aromatic N) is 2. The van der Waals surface area contributed by atoms with Crippen LogP contribution >= 0.6 is 0 Å². The van der Waals surface area contributed by atoms with E-state index in [-0.39, 0.29) is 0 Å². The van der Waals surface area contributed by atoms with Gasteiger partial charge in [0.05, 0.1) is 12.7 Å². The van der Waals surface area contributed by atoms with Crippen LogP contribution in [0.25, 0.3) is 0 Å². The molecule has 0 spiro atoms. The Kier molecular flexibility index (Phi) is 7.17. The number of hydrogen-bond acceptors (Lipinski definition) is 3. The van der Waals surface area contributed by atoms with E-state index < -0.39 is 0 Å². The molecule has 1 aliphatic heterocycles. The van der Waals surface area contributed by atoms with Gasteiger partial charge >= 0.3 is 0 Å². The largest absolute Gasteiger partial charge is 0.696 e. The van der Waals surface area contributed by atoms with Gasteiger partial charge in [0.15, 0.2) is 6.17 Å². The molecule has 1 aliphatic rings. The van der Waals surface area contributed by atoms with Gasteiger partial charge in [-0.3, -0.25) is 4.90 Å². The highest BCUT2D eigenvalue weighted by molar-refractivity contribution is 7.64. The first-order valence-electron chi connectivity index (χ1n) is 4.94. The Morgan fingerprint density at radius 1 is 1.64 bits per heavy atom. The van der Waals surface area contributed by atoms with Gasteiger partial charge in [0.2, 0.25) is 0 Å². The molecule has 0 aromatic rings. The van der Waals surface area contributed by atoms with Crippen LogP contribution in [0.4, 0.5) is 0 Å². The maximum absolute atomic E-state index is 7.13. The Morgan fingerprint density at radius 3 is 2.57 bits per heavy atom. The van der Waals surface area contributed by atoms with Crippen molar-refractivity contribution in [1.29, 1.82) is 5.26 Å². The molecule has 2 unspecified atom stereocenters. The standard InChI is InChI=1S/C9H18N2.CHNS/c1-4-5-6-11-8-7-10(3)9(11)2;2-1-3/h7-9H,4-6H2,1-3H3;3H. The summed E-state index contributed by atoms with van der Waals surface area (Å²) < 4.78 is 0. The zero-order valence-corrected chi connectivity index (χ0v) is 9.97. The first kappa shape index (κ1) is 13.2. The Morgan fingerprint density at radius 2 is 2.21 bits per heavy atom. The third-order valence-electron chi connectivity index (χ3n) is 2.49. The van der Waals surface area contributed by atoms with E-state index in [4.69, 9.17) is 5.26 Å². The normalized spacial score (nSPS) is 24.0. The first-order chi connectivity index (χ1) is 6.67. The molecule has 0 fully saturated rings. The molecule has 1 N–H and O–H groups in total. The molecule has 0 saturated heterocycles. The number of rotatable bonds is 3. The Labute approximate surface area is 92.4 Å². The van der Waals surface area contributed by atoms with Crippen molar-refractivity contribution in [1.82, 2.24) is 4.90 Å². The molecule has 0 saturated carbocycles. The van der Waals surface area contributed by atoms with Crippen LogP contribution in [-0.4, -0.2) is 24.7 Å². The zero-order valence-electron chi connectivity index (χ0n) is 9.16. The molecule has 1 heterocycles. The van der Waals surface area contributed by atoms with Crippen LogP contribution in [0, 0.1) is 10.7 Å². The Hall–Kier alpha value is -0.790. The fourth-order valence-electron chi connectivity index (χ4n) is 1.42. The summed E-state index contributed by atoms with van der Waals surface area (Å²) in [6, 6.07) is 0. The van der Waals surface area contributed by atoms with Crippen molar-refractivity contribution in [3.63, 3.8) is 0 Å². The third kappa shape index (κ3) is 4.45. The maximum Gasteiger partial charge on any atom is 0.164 e. The topological polar surface area (TPSA) is 31.5 Å². The quantitative estimate of drug-likeness (QED) is 0.545. The molecule has 0 radical (unpaired) electrons. The van der Waals surface area contributed by atoms with Crippen LogP contribution in [0.15, 0.2) is 12.4 Å². The van der Waals surface area contributed by atoms with Crippen molar-refractivity contribution in [2.24, 2.45) is 0 Å². The molecule has 4 heteroatoms. The van der Waals surface area contributed by atoms with Gasteiger partial charge in [-0.25, -0.2) is 5.26 Å². The predicted molar refractivity (Wildman–Crippen MR) is 60.1 cm³/mol. The van der Waals surface area contributed by atoms with E-state index in [0.717, 1.165) is 0 Å². The average molecular weight is 213 g/mol. The summed E-state index contributed by atoms with van der Waals surface area (Å²) in [6.07, 6.45) is 7.71. The molecule has 0 amide bonds. The molecule has 2 atom stereocenters. The molecule has 0 aromatic carbocycles. The van der Waals surface area contributed by atoms with E-state index >= 15 is 0 Å². The number of hydrogen-bond donors (Lipinski definition) is 1. The van der Waals surface area contributed by atoms with Crippen LogP contribution in [0.2, 0.25) is 0 Å². The highest BCUT2D eigenvalue weighted by atomic mass is 32.1. The summed E-state index contributed by atoms with van der Waals surface area (Å²) in [5.41, 5.74) is 0. The van der Waals surface area contributed by atoms with E-state index in [2.05, 4.69) is 50.8 Å². The van der Waals surface area contributed by atoms with E-state index in [1.165, 1.54) is 24.8 Å². The minimum absolute atomic E-state index is 0.640. The van der Waals surface area contributed by atoms with Crippen molar-refractivity contribution in [3.8, 4) is 5.40 Å². The van der Waals surface area contributed by atoms with E-state index in [1.807, 2.05) is 0 Å². The van der Waals surface area contributed by atoms with Crippen LogP contribution in [0.3, 0.4) is 0 Å². The van der Waals surface area contributed by atoms with Crippen LogP contribution < -0.4 is 4.90 Å². The first-order valence-corrected chi connectivity index (χ1v) is 5.35. The Bertz CT molecular complexity index is 210. The van der Waals surface area contributed by atoms with E-state index in [1.54, 1.807) is 4.90 Å². The van der Waals surface area contributed by atoms with E-state index in [9.17, 15) is 0 Å². The molecule has 1 rings (SSSR count). The zero-order chi connectivity index (χ0) is 11.0. The second-order valence-electron chi connectivity index (χ2n) is 3.43. The predicted octanol–water partition coefficient (Wildman–Crippen LogP) is 0.448. The van der Waals surface area contributed by atoms with E-state index in [0.29, 0.717) is 6.17 Å². The molecule has 80 valence electrons. The SMILES string of the molecule is CCCC[NH+]1C=CN(C)C1C.N#C[S-]. The van der Waals surface area contributed by atoms with Crippen molar-refractivity contribution in [2.45, 2.75) is 32.9 Å². The number of nitriles is 1. The molecule has 14 heavy (non-hydrogen) atoms. The molecular weight excluding hydrogens is 194 g/mol. The summed E-state index contributed by atoms with van der Waals surface area (Å²) in [7, 11) is 2.14. The van der Waals surface area contributed by atoms with Gasteiger partial charge < -0.3 is 17.5 Å². The van der Waals surface area contributed by atoms with Crippen LogP contribution in [-0.2, 0) is 12.6 Å². The van der Waals surface area contributed by atoms with Crippen molar-refractivity contribution >= 4 is 12.6 Å². The second-order valence-corrected chi connectivity index (χ2v) is 3.61. The third-order valence-corrected chi connectivity index (χ3v) is 2.49. The van der Waals surface area contributed by atoms with Crippen LogP contribution in [0.1, 0.15) is 26.7 Å². The number of nitrogens with one attached hydrogen (secondary N) is 1. The lowest BCUT2D eigenvalue weighted by Crippen LogP contribution is -3.10. The fraction of sp³-hybridized carbons (Fsp3) is 0.700. The highest BCUT2D eigenvalue weighted by Crippen LogP contribution is 1.94. The lowest BCUT2D eigenvalue weighted by molar-refractivity contribution is -0.875. The van der Waals surface area contributed by atoms with Gasteiger partial charge in [-0.15, -0.1) is 0 Å². The second kappa shape index (κ2) is 7.60. The fourth-order valence-corrected chi connectivity index (χ4v) is 1.42. The molecule has 0 bridgehead atoms. The number of quaternary nitrogens is 1. The molecule has 0 aromatic heterocycles. The highest BCUT2D eigenvalue weighted by Gasteiger charge is 2.22. The van der Waals surface area contributed by atoms with Gasteiger partial charge in [0.1, 0.15) is 6.20 Å². The van der Waals surface area contributed by atoms with Crippen molar-refractivity contribution in [3.05, 3.63) is 12.4 Å². The summed E-state index contributed by atoms with van der Waals surface area (Å²) in [6.45, 7) is 5.79. The van der Waals surface area contributed by atoms with Gasteiger partial charge in [0.25, 0.3) is 0 Å². The summed E-state index contributed by atoms with van der Waals surface area (Å²) >= 11 is 3.70. The Balaban J connectivity index is 0.000000500. The van der Waals surface area contributed by atoms with Crippen LogP contribution in [0.5, 0.6) is 0 Å². The molecule has 0 aliphatic carbocycles. The van der Waals surface area contributed by atoms with Crippen molar-refractivity contribution < 1.29 is 4.90 Å². The van der Waals surface area contributed by atoms with Gasteiger partial charge in [-0.2, -0.15) is 0 Å². The summed E-state index contributed by atoms with van der Waals surface area (Å²) in [5.74, 6) is 0. The summed E-state index contributed by atoms with van der Waals surface area (Å²) in [5, 5.41) is 8.47. The van der Waals surface area contributed by atoms with Gasteiger partial charge in [-0.05, 0) is 6.42 Å². The minimum Gasteiger partial charge on any atom is -0.696 e. The number of unbranched alkanes of at least 4 members (excludes halogenated alkanes) is 1. The van der Waals surface area contributed by atoms with Gasteiger partial charge in [0, 0.05) is 14.0 Å². The monoisotopic (exact) mass is 213 g/mol. The average Bonchev–Trinajstić information content (AvgIpc) is 2.47. The maximum atomic E-state index is 7.13. The minimum atomic E-state index is 0.640.